The number of benzene rings is 1. The van der Waals surface area contributed by atoms with Crippen LogP contribution in [0.2, 0.25) is 0 Å². The summed E-state index contributed by atoms with van der Waals surface area (Å²) in [6.45, 7) is 10.6. The van der Waals surface area contributed by atoms with E-state index in [0.717, 1.165) is 44.1 Å². The van der Waals surface area contributed by atoms with Crippen LogP contribution in [-0.4, -0.2) is 47.1 Å². The summed E-state index contributed by atoms with van der Waals surface area (Å²) in [4.78, 5) is 42.1. The summed E-state index contributed by atoms with van der Waals surface area (Å²) in [6, 6.07) is 8.20. The second-order valence-electron chi connectivity index (χ2n) is 12.9. The zero-order valence-corrected chi connectivity index (χ0v) is 23.1. The minimum absolute atomic E-state index is 0.174. The Bertz CT molecular complexity index is 952. The van der Waals surface area contributed by atoms with Crippen LogP contribution in [0.1, 0.15) is 85.1 Å². The van der Waals surface area contributed by atoms with Gasteiger partial charge in [-0.25, -0.2) is 9.59 Å². The molecule has 204 valence electrons. The smallest absolute Gasteiger partial charge is 0.408 e. The standard InChI is InChI=1S/C30H44N2O5/c1-20-14-23-15-21(2)17-30(16-20,18-23)25(31-28(35)37-29(3,4)5)26(33)32-13-9-12-24(32)27(34)36-19-22-10-7-6-8-11-22/h6-8,10-11,20-21,23-25H,9,12-19H2,1-5H3,(H,31,35). The number of likely N-dealkylation sites (tertiary alicyclic amines) is 1. The fourth-order valence-corrected chi connectivity index (χ4v) is 7.30. The molecule has 4 atom stereocenters. The van der Waals surface area contributed by atoms with E-state index < -0.39 is 23.8 Å². The summed E-state index contributed by atoms with van der Waals surface area (Å²) in [6.07, 6.45) is 5.75. The summed E-state index contributed by atoms with van der Waals surface area (Å²) in [7, 11) is 0. The van der Waals surface area contributed by atoms with Gasteiger partial charge in [0.05, 0.1) is 0 Å². The molecule has 2 saturated carbocycles. The average Bonchev–Trinajstić information content (AvgIpc) is 3.29. The minimum atomic E-state index is -0.724. The predicted molar refractivity (Wildman–Crippen MR) is 141 cm³/mol. The molecule has 7 heteroatoms. The number of ether oxygens (including phenoxy) is 2. The van der Waals surface area contributed by atoms with Crippen LogP contribution < -0.4 is 5.32 Å². The molecule has 4 rings (SSSR count). The monoisotopic (exact) mass is 512 g/mol. The number of esters is 1. The maximum atomic E-state index is 14.3. The van der Waals surface area contributed by atoms with Gasteiger partial charge in [-0.05, 0) is 89.0 Å². The quantitative estimate of drug-likeness (QED) is 0.511. The van der Waals surface area contributed by atoms with Crippen LogP contribution in [0.5, 0.6) is 0 Å². The molecule has 0 aromatic heterocycles. The predicted octanol–water partition coefficient (Wildman–Crippen LogP) is 5.47. The number of hydrogen-bond acceptors (Lipinski definition) is 5. The summed E-state index contributed by atoms with van der Waals surface area (Å²) in [5.74, 6) is 0.954. The van der Waals surface area contributed by atoms with Crippen molar-refractivity contribution in [2.24, 2.45) is 23.2 Å². The van der Waals surface area contributed by atoms with Crippen molar-refractivity contribution in [3.63, 3.8) is 0 Å². The molecule has 1 aromatic rings. The van der Waals surface area contributed by atoms with Gasteiger partial charge in [-0.3, -0.25) is 4.79 Å². The van der Waals surface area contributed by atoms with Gasteiger partial charge in [0.2, 0.25) is 5.91 Å². The molecule has 0 radical (unpaired) electrons. The molecule has 3 aliphatic rings. The molecule has 0 spiro atoms. The van der Waals surface area contributed by atoms with E-state index in [1.54, 1.807) is 4.90 Å². The number of nitrogens with one attached hydrogen (secondary N) is 1. The lowest BCUT2D eigenvalue weighted by Crippen LogP contribution is -2.62. The Morgan fingerprint density at radius 2 is 1.70 bits per heavy atom. The summed E-state index contributed by atoms with van der Waals surface area (Å²) in [5.41, 5.74) is -0.0992. The third kappa shape index (κ3) is 6.66. The first-order chi connectivity index (χ1) is 17.5. The maximum Gasteiger partial charge on any atom is 0.408 e. The summed E-state index contributed by atoms with van der Waals surface area (Å²) in [5, 5.41) is 3.02. The molecular formula is C30H44N2O5. The molecule has 1 saturated heterocycles. The lowest BCUT2D eigenvalue weighted by Gasteiger charge is -2.53. The van der Waals surface area contributed by atoms with Crippen molar-refractivity contribution < 1.29 is 23.9 Å². The first kappa shape index (κ1) is 27.5. The third-order valence-corrected chi connectivity index (χ3v) is 8.23. The lowest BCUT2D eigenvalue weighted by atomic mass is 9.54. The highest BCUT2D eigenvalue weighted by Gasteiger charge is 2.54. The van der Waals surface area contributed by atoms with E-state index in [-0.39, 0.29) is 23.9 Å². The van der Waals surface area contributed by atoms with Crippen molar-refractivity contribution in [2.75, 3.05) is 6.54 Å². The Morgan fingerprint density at radius 1 is 1.05 bits per heavy atom. The molecule has 2 bridgehead atoms. The zero-order chi connectivity index (χ0) is 26.8. The van der Waals surface area contributed by atoms with E-state index in [0.29, 0.717) is 30.7 Å². The SMILES string of the molecule is CC1CC2CC(C)CC(C(NC(=O)OC(C)(C)C)C(=O)N3CCCC3C(=O)OCc3ccccc3)(C1)C2. The van der Waals surface area contributed by atoms with Crippen molar-refractivity contribution in [3.8, 4) is 0 Å². The summed E-state index contributed by atoms with van der Waals surface area (Å²) >= 11 is 0. The summed E-state index contributed by atoms with van der Waals surface area (Å²) < 4.78 is 11.2. The number of nitrogens with zero attached hydrogens (tertiary/aromatic N) is 1. The van der Waals surface area contributed by atoms with E-state index in [2.05, 4.69) is 19.2 Å². The van der Waals surface area contributed by atoms with Crippen LogP contribution >= 0.6 is 0 Å². The first-order valence-electron chi connectivity index (χ1n) is 14.0. The Labute approximate surface area is 221 Å². The molecular weight excluding hydrogens is 468 g/mol. The highest BCUT2D eigenvalue weighted by atomic mass is 16.6. The number of alkyl carbamates (subject to hydrolysis) is 1. The molecule has 1 aromatic carbocycles. The maximum absolute atomic E-state index is 14.3. The van der Waals surface area contributed by atoms with Crippen molar-refractivity contribution in [3.05, 3.63) is 35.9 Å². The van der Waals surface area contributed by atoms with Gasteiger partial charge >= 0.3 is 12.1 Å². The molecule has 7 nitrogen and oxygen atoms in total. The molecule has 2 amide bonds. The van der Waals surface area contributed by atoms with Gasteiger partial charge in [-0.15, -0.1) is 0 Å². The van der Waals surface area contributed by atoms with Gasteiger partial charge < -0.3 is 19.7 Å². The van der Waals surface area contributed by atoms with Gasteiger partial charge in [0, 0.05) is 12.0 Å². The van der Waals surface area contributed by atoms with Crippen molar-refractivity contribution >= 4 is 18.0 Å². The van der Waals surface area contributed by atoms with Crippen molar-refractivity contribution in [2.45, 2.75) is 104 Å². The average molecular weight is 513 g/mol. The van der Waals surface area contributed by atoms with E-state index in [9.17, 15) is 14.4 Å². The van der Waals surface area contributed by atoms with Gasteiger partial charge in [-0.1, -0.05) is 44.2 Å². The number of amides is 2. The lowest BCUT2D eigenvalue weighted by molar-refractivity contribution is -0.157. The first-order valence-corrected chi connectivity index (χ1v) is 14.0. The number of carbonyl (C=O) groups excluding carboxylic acids is 3. The topological polar surface area (TPSA) is 84.9 Å². The number of hydrogen-bond donors (Lipinski definition) is 1. The van der Waals surface area contributed by atoms with Gasteiger partial charge in [0.15, 0.2) is 0 Å². The third-order valence-electron chi connectivity index (χ3n) is 8.23. The minimum Gasteiger partial charge on any atom is -0.459 e. The Morgan fingerprint density at radius 3 is 2.32 bits per heavy atom. The number of rotatable bonds is 6. The fraction of sp³-hybridized carbons (Fsp3) is 0.700. The van der Waals surface area contributed by atoms with Crippen LogP contribution in [0.4, 0.5) is 4.79 Å². The van der Waals surface area contributed by atoms with Gasteiger partial charge in [-0.2, -0.15) is 0 Å². The van der Waals surface area contributed by atoms with E-state index >= 15 is 0 Å². The van der Waals surface area contributed by atoms with E-state index in [4.69, 9.17) is 9.47 Å². The van der Waals surface area contributed by atoms with Gasteiger partial charge in [0.1, 0.15) is 24.3 Å². The zero-order valence-electron chi connectivity index (χ0n) is 23.1. The van der Waals surface area contributed by atoms with Crippen molar-refractivity contribution in [1.82, 2.24) is 10.2 Å². The second-order valence-corrected chi connectivity index (χ2v) is 12.9. The van der Waals surface area contributed by atoms with Gasteiger partial charge in [0.25, 0.3) is 0 Å². The van der Waals surface area contributed by atoms with Crippen LogP contribution in [0, 0.1) is 23.2 Å². The molecule has 1 aliphatic heterocycles. The van der Waals surface area contributed by atoms with Crippen molar-refractivity contribution in [1.29, 1.82) is 0 Å². The highest BCUT2D eigenvalue weighted by molar-refractivity contribution is 5.91. The number of carbonyl (C=O) groups is 3. The molecule has 2 aliphatic carbocycles. The van der Waals surface area contributed by atoms with E-state index in [1.165, 1.54) is 0 Å². The Kier molecular flexibility index (Phi) is 8.20. The Hall–Kier alpha value is -2.57. The molecule has 3 fully saturated rings. The van der Waals surface area contributed by atoms with Crippen LogP contribution in [-0.2, 0) is 25.7 Å². The normalized spacial score (nSPS) is 30.4. The Balaban J connectivity index is 1.57. The second kappa shape index (κ2) is 11.0. The van der Waals surface area contributed by atoms with Crippen LogP contribution in [0.25, 0.3) is 0 Å². The van der Waals surface area contributed by atoms with Crippen LogP contribution in [0.3, 0.4) is 0 Å². The van der Waals surface area contributed by atoms with E-state index in [1.807, 2.05) is 51.1 Å². The molecule has 1 N–H and O–H groups in total. The largest absolute Gasteiger partial charge is 0.459 e. The molecule has 4 unspecified atom stereocenters. The molecule has 1 heterocycles. The number of fused-ring (bicyclic) bond motifs is 2. The fourth-order valence-electron chi connectivity index (χ4n) is 7.30. The highest BCUT2D eigenvalue weighted by Crippen LogP contribution is 2.55. The van der Waals surface area contributed by atoms with Crippen LogP contribution in [0.15, 0.2) is 30.3 Å². The molecule has 37 heavy (non-hydrogen) atoms.